The first-order chi connectivity index (χ1) is 11.5. The minimum atomic E-state index is -0.500. The molecule has 0 unspecified atom stereocenters. The highest BCUT2D eigenvalue weighted by atomic mass is 16.5. The molecule has 0 aliphatic carbocycles. The smallest absolute Gasteiger partial charge is 0.330 e. The van der Waals surface area contributed by atoms with Gasteiger partial charge < -0.3 is 15.0 Å². The summed E-state index contributed by atoms with van der Waals surface area (Å²) in [4.78, 5) is 25.9. The molecule has 24 heavy (non-hydrogen) atoms. The van der Waals surface area contributed by atoms with Gasteiger partial charge in [0, 0.05) is 25.3 Å². The van der Waals surface area contributed by atoms with Crippen molar-refractivity contribution in [3.8, 4) is 5.75 Å². The van der Waals surface area contributed by atoms with E-state index in [1.54, 1.807) is 24.3 Å². The van der Waals surface area contributed by atoms with Gasteiger partial charge in [-0.2, -0.15) is 0 Å². The number of nitrogens with zero attached hydrogens (tertiary/aromatic N) is 1. The fourth-order valence-electron chi connectivity index (χ4n) is 2.18. The van der Waals surface area contributed by atoms with Crippen LogP contribution in [0.15, 0.2) is 48.5 Å². The average Bonchev–Trinajstić information content (AvgIpc) is 2.60. The second-order valence-electron chi connectivity index (χ2n) is 5.60. The van der Waals surface area contributed by atoms with Crippen LogP contribution in [-0.4, -0.2) is 32.5 Å². The summed E-state index contributed by atoms with van der Waals surface area (Å²) >= 11 is 0. The van der Waals surface area contributed by atoms with Crippen molar-refractivity contribution >= 4 is 17.6 Å². The third kappa shape index (κ3) is 4.84. The van der Waals surface area contributed by atoms with Crippen molar-refractivity contribution < 1.29 is 14.3 Å². The maximum absolute atomic E-state index is 12.1. The molecule has 0 bridgehead atoms. The van der Waals surface area contributed by atoms with E-state index in [-0.39, 0.29) is 12.5 Å². The molecule has 0 radical (unpaired) electrons. The first kappa shape index (κ1) is 17.5. The fraction of sp³-hybridized carbons (Fsp3) is 0.263. The number of hydrogen-bond donors (Lipinski definition) is 1. The second-order valence-corrected chi connectivity index (χ2v) is 5.60. The Morgan fingerprint density at radius 2 is 1.83 bits per heavy atom. The Balaban J connectivity index is 1.91. The van der Waals surface area contributed by atoms with Crippen molar-refractivity contribution in [2.45, 2.75) is 13.3 Å². The second kappa shape index (κ2) is 8.15. The Kier molecular flexibility index (Phi) is 5.95. The summed E-state index contributed by atoms with van der Waals surface area (Å²) in [6.07, 6.45) is 0.865. The fourth-order valence-corrected chi connectivity index (χ4v) is 2.18. The molecule has 2 aromatic carbocycles. The lowest BCUT2D eigenvalue weighted by Gasteiger charge is -2.13. The molecule has 1 amide bonds. The summed E-state index contributed by atoms with van der Waals surface area (Å²) in [6.45, 7) is 1.85. The lowest BCUT2D eigenvalue weighted by Crippen LogP contribution is -2.32. The molecule has 0 spiro atoms. The van der Waals surface area contributed by atoms with Crippen LogP contribution in [-0.2, 0) is 11.2 Å². The minimum absolute atomic E-state index is 0.179. The maximum Gasteiger partial charge on any atom is 0.330 e. The van der Waals surface area contributed by atoms with Crippen LogP contribution in [0.25, 0.3) is 0 Å². The number of aryl methyl sites for hydroxylation is 1. The van der Waals surface area contributed by atoms with E-state index in [4.69, 9.17) is 4.74 Å². The van der Waals surface area contributed by atoms with E-state index in [0.29, 0.717) is 11.3 Å². The molecule has 0 aliphatic rings. The predicted molar refractivity (Wildman–Crippen MR) is 94.6 cm³/mol. The molecule has 0 fully saturated rings. The SMILES string of the molecule is CCc1cccc(OC(=O)CNC(=O)c2cccc(N(C)C)c2)c1. The largest absolute Gasteiger partial charge is 0.425 e. The summed E-state index contributed by atoms with van der Waals surface area (Å²) in [5, 5.41) is 2.58. The number of esters is 1. The van der Waals surface area contributed by atoms with E-state index >= 15 is 0 Å². The standard InChI is InChI=1S/C19H22N2O3/c1-4-14-7-5-10-17(11-14)24-18(22)13-20-19(23)15-8-6-9-16(12-15)21(2)3/h5-12H,4,13H2,1-3H3,(H,20,23). The molecule has 0 heterocycles. The molecule has 5 heteroatoms. The van der Waals surface area contributed by atoms with E-state index in [9.17, 15) is 9.59 Å². The van der Waals surface area contributed by atoms with Crippen molar-refractivity contribution in [2.75, 3.05) is 25.5 Å². The zero-order valence-electron chi connectivity index (χ0n) is 14.2. The van der Waals surface area contributed by atoms with Crippen LogP contribution in [0.2, 0.25) is 0 Å². The molecule has 1 N–H and O–H groups in total. The topological polar surface area (TPSA) is 58.6 Å². The molecule has 0 aliphatic heterocycles. The Hall–Kier alpha value is -2.82. The quantitative estimate of drug-likeness (QED) is 0.655. The summed E-state index contributed by atoms with van der Waals surface area (Å²) < 4.78 is 5.24. The molecule has 5 nitrogen and oxygen atoms in total. The molecular weight excluding hydrogens is 304 g/mol. The van der Waals surface area contributed by atoms with Crippen molar-refractivity contribution in [3.05, 3.63) is 59.7 Å². The van der Waals surface area contributed by atoms with Crippen LogP contribution in [0.3, 0.4) is 0 Å². The van der Waals surface area contributed by atoms with E-state index in [1.165, 1.54) is 0 Å². The molecule has 0 saturated carbocycles. The lowest BCUT2D eigenvalue weighted by atomic mass is 10.2. The number of anilines is 1. The van der Waals surface area contributed by atoms with Gasteiger partial charge in [-0.25, -0.2) is 4.79 Å². The van der Waals surface area contributed by atoms with Crippen molar-refractivity contribution in [2.24, 2.45) is 0 Å². The molecule has 0 aromatic heterocycles. The minimum Gasteiger partial charge on any atom is -0.425 e. The molecule has 0 saturated heterocycles. The van der Waals surface area contributed by atoms with E-state index < -0.39 is 5.97 Å². The number of carbonyl (C=O) groups excluding carboxylic acids is 2. The van der Waals surface area contributed by atoms with Gasteiger partial charge in [0.25, 0.3) is 5.91 Å². The van der Waals surface area contributed by atoms with Gasteiger partial charge in [0.2, 0.25) is 0 Å². The first-order valence-corrected chi connectivity index (χ1v) is 7.85. The zero-order chi connectivity index (χ0) is 17.5. The number of hydrogen-bond acceptors (Lipinski definition) is 4. The highest BCUT2D eigenvalue weighted by molar-refractivity contribution is 5.96. The zero-order valence-corrected chi connectivity index (χ0v) is 14.2. The molecule has 2 aromatic rings. The summed E-state index contributed by atoms with van der Waals surface area (Å²) in [7, 11) is 3.80. The molecule has 0 atom stereocenters. The third-order valence-electron chi connectivity index (χ3n) is 3.56. The van der Waals surface area contributed by atoms with Crippen molar-refractivity contribution in [1.29, 1.82) is 0 Å². The summed E-state index contributed by atoms with van der Waals surface area (Å²) in [5.74, 6) is -0.318. The van der Waals surface area contributed by atoms with Gasteiger partial charge in [0.1, 0.15) is 12.3 Å². The van der Waals surface area contributed by atoms with Crippen LogP contribution in [0.5, 0.6) is 5.75 Å². The Labute approximate surface area is 142 Å². The van der Waals surface area contributed by atoms with Gasteiger partial charge in [-0.15, -0.1) is 0 Å². The Bertz CT molecular complexity index is 726. The van der Waals surface area contributed by atoms with Crippen LogP contribution < -0.4 is 15.0 Å². The highest BCUT2D eigenvalue weighted by Crippen LogP contribution is 2.14. The Morgan fingerprint density at radius 1 is 1.08 bits per heavy atom. The molecule has 2 rings (SSSR count). The average molecular weight is 326 g/mol. The van der Waals surface area contributed by atoms with Gasteiger partial charge >= 0.3 is 5.97 Å². The molecular formula is C19H22N2O3. The van der Waals surface area contributed by atoms with Crippen LogP contribution >= 0.6 is 0 Å². The van der Waals surface area contributed by atoms with Crippen LogP contribution in [0.1, 0.15) is 22.8 Å². The monoisotopic (exact) mass is 326 g/mol. The van der Waals surface area contributed by atoms with Crippen LogP contribution in [0.4, 0.5) is 5.69 Å². The first-order valence-electron chi connectivity index (χ1n) is 7.85. The summed E-state index contributed by atoms with van der Waals surface area (Å²) in [5.41, 5.74) is 2.51. The number of benzene rings is 2. The van der Waals surface area contributed by atoms with Crippen molar-refractivity contribution in [1.82, 2.24) is 5.32 Å². The lowest BCUT2D eigenvalue weighted by molar-refractivity contribution is -0.133. The summed E-state index contributed by atoms with van der Waals surface area (Å²) in [6, 6.07) is 14.5. The van der Waals surface area contributed by atoms with Crippen LogP contribution in [0, 0.1) is 0 Å². The van der Waals surface area contributed by atoms with Gasteiger partial charge in [-0.05, 0) is 42.3 Å². The van der Waals surface area contributed by atoms with Crippen molar-refractivity contribution in [3.63, 3.8) is 0 Å². The van der Waals surface area contributed by atoms with E-state index in [1.807, 2.05) is 50.2 Å². The van der Waals surface area contributed by atoms with Gasteiger partial charge in [-0.1, -0.05) is 25.1 Å². The number of amides is 1. The van der Waals surface area contributed by atoms with Gasteiger partial charge in [-0.3, -0.25) is 4.79 Å². The number of nitrogens with one attached hydrogen (secondary N) is 1. The maximum atomic E-state index is 12.1. The normalized spacial score (nSPS) is 10.1. The van der Waals surface area contributed by atoms with E-state index in [2.05, 4.69) is 5.32 Å². The number of rotatable bonds is 6. The van der Waals surface area contributed by atoms with E-state index in [0.717, 1.165) is 17.7 Å². The number of carbonyl (C=O) groups is 2. The van der Waals surface area contributed by atoms with Gasteiger partial charge in [0.05, 0.1) is 0 Å². The number of ether oxygens (including phenoxy) is 1. The molecule has 126 valence electrons. The predicted octanol–water partition coefficient (Wildman–Crippen LogP) is 2.65. The Morgan fingerprint density at radius 3 is 2.54 bits per heavy atom. The third-order valence-corrected chi connectivity index (χ3v) is 3.56. The van der Waals surface area contributed by atoms with Gasteiger partial charge in [0.15, 0.2) is 0 Å². The highest BCUT2D eigenvalue weighted by Gasteiger charge is 2.11.